The quantitative estimate of drug-likeness (QED) is 0.460. The zero-order valence-corrected chi connectivity index (χ0v) is 22.6. The van der Waals surface area contributed by atoms with E-state index in [9.17, 15) is 39.6 Å². The number of carboxylic acids is 1. The molecule has 0 saturated carbocycles. The highest BCUT2D eigenvalue weighted by atomic mass is 32.2. The first kappa shape index (κ1) is 32.2. The standard InChI is InChI=1S/C24H27F3N2O4S.C2HF3O2/c1-34(31,32)13-10-22(30)29-12-9-16-2-5-20(14-21(16)23(29)17-8-11-28-15-17)33-19-6-3-18(4-7-19)24(25,26)27;3-2(4,5)1(6)7/h2-7,14,17,23,28H,8-13,15H2,1H3;(H,6,7). The maximum absolute atomic E-state index is 13.0. The first-order valence-electron chi connectivity index (χ1n) is 12.4. The van der Waals surface area contributed by atoms with E-state index in [4.69, 9.17) is 14.6 Å². The second kappa shape index (κ2) is 12.7. The van der Waals surface area contributed by atoms with Gasteiger partial charge in [-0.3, -0.25) is 4.79 Å². The van der Waals surface area contributed by atoms with Crippen molar-refractivity contribution in [2.75, 3.05) is 31.6 Å². The molecule has 226 valence electrons. The van der Waals surface area contributed by atoms with Crippen molar-refractivity contribution in [2.45, 2.75) is 37.7 Å². The SMILES string of the molecule is CS(=O)(=O)CCC(=O)N1CCc2ccc(Oc3ccc(C(F)(F)F)cc3)cc2C1C1CCNC1.O=C(O)C(F)(F)F. The largest absolute Gasteiger partial charge is 0.490 e. The van der Waals surface area contributed by atoms with Crippen LogP contribution in [0, 0.1) is 5.92 Å². The minimum atomic E-state index is -5.08. The third-order valence-electron chi connectivity index (χ3n) is 6.61. The van der Waals surface area contributed by atoms with Gasteiger partial charge in [-0.15, -0.1) is 0 Å². The Morgan fingerprint density at radius 1 is 1.05 bits per heavy atom. The third kappa shape index (κ3) is 9.08. The molecule has 2 heterocycles. The number of amides is 1. The number of carbonyl (C=O) groups is 2. The lowest BCUT2D eigenvalue weighted by molar-refractivity contribution is -0.192. The highest BCUT2D eigenvalue weighted by molar-refractivity contribution is 7.90. The predicted molar refractivity (Wildman–Crippen MR) is 135 cm³/mol. The maximum Gasteiger partial charge on any atom is 0.490 e. The van der Waals surface area contributed by atoms with Gasteiger partial charge >= 0.3 is 18.3 Å². The Hall–Kier alpha value is -3.33. The van der Waals surface area contributed by atoms with Gasteiger partial charge < -0.3 is 20.1 Å². The predicted octanol–water partition coefficient (Wildman–Crippen LogP) is 4.60. The molecule has 2 aromatic rings. The molecule has 0 spiro atoms. The van der Waals surface area contributed by atoms with E-state index < -0.39 is 33.7 Å². The summed E-state index contributed by atoms with van der Waals surface area (Å²) in [7, 11) is -3.26. The second-order valence-corrected chi connectivity index (χ2v) is 12.0. The number of sulfone groups is 1. The van der Waals surface area contributed by atoms with Crippen molar-refractivity contribution < 1.29 is 54.2 Å². The summed E-state index contributed by atoms with van der Waals surface area (Å²) in [5.41, 5.74) is 1.28. The summed E-state index contributed by atoms with van der Waals surface area (Å²) in [6.07, 6.45) is -6.93. The Kier molecular flexibility index (Phi) is 9.95. The topological polar surface area (TPSA) is 113 Å². The van der Waals surface area contributed by atoms with Crippen molar-refractivity contribution in [3.05, 3.63) is 59.2 Å². The van der Waals surface area contributed by atoms with Gasteiger partial charge in [0.2, 0.25) is 5.91 Å². The molecule has 2 aromatic carbocycles. The van der Waals surface area contributed by atoms with Gasteiger partial charge in [0.15, 0.2) is 0 Å². The lowest BCUT2D eigenvalue weighted by Gasteiger charge is -2.41. The molecule has 2 aliphatic heterocycles. The summed E-state index contributed by atoms with van der Waals surface area (Å²) >= 11 is 0. The minimum Gasteiger partial charge on any atom is -0.475 e. The Morgan fingerprint density at radius 2 is 1.66 bits per heavy atom. The molecule has 2 aliphatic rings. The van der Waals surface area contributed by atoms with E-state index in [-0.39, 0.29) is 35.8 Å². The summed E-state index contributed by atoms with van der Waals surface area (Å²) in [6, 6.07) is 9.85. The van der Waals surface area contributed by atoms with Gasteiger partial charge in [-0.05, 0) is 72.8 Å². The summed E-state index contributed by atoms with van der Waals surface area (Å²) < 4.78 is 99.3. The molecule has 4 rings (SSSR count). The van der Waals surface area contributed by atoms with Crippen molar-refractivity contribution in [3.63, 3.8) is 0 Å². The fraction of sp³-hybridized carbons (Fsp3) is 0.462. The number of carboxylic acid groups (broad SMARTS) is 1. The summed E-state index contributed by atoms with van der Waals surface area (Å²) in [5.74, 6) is -2.22. The fourth-order valence-electron chi connectivity index (χ4n) is 4.69. The molecule has 1 fully saturated rings. The van der Waals surface area contributed by atoms with Crippen LogP contribution in [0.5, 0.6) is 11.5 Å². The molecule has 2 N–H and O–H groups in total. The Balaban J connectivity index is 0.000000587. The number of rotatable bonds is 6. The van der Waals surface area contributed by atoms with Crippen molar-refractivity contribution in [2.24, 2.45) is 5.92 Å². The number of fused-ring (bicyclic) bond motifs is 1. The van der Waals surface area contributed by atoms with Crippen molar-refractivity contribution in [1.82, 2.24) is 10.2 Å². The number of benzene rings is 2. The lowest BCUT2D eigenvalue weighted by atomic mass is 9.83. The molecule has 41 heavy (non-hydrogen) atoms. The molecule has 8 nitrogen and oxygen atoms in total. The number of aliphatic carboxylic acids is 1. The number of ether oxygens (including phenoxy) is 1. The van der Waals surface area contributed by atoms with E-state index in [1.54, 1.807) is 11.0 Å². The van der Waals surface area contributed by atoms with Crippen LogP contribution in [0.15, 0.2) is 42.5 Å². The summed E-state index contributed by atoms with van der Waals surface area (Å²) in [4.78, 5) is 23.7. The van der Waals surface area contributed by atoms with Crippen LogP contribution in [0.2, 0.25) is 0 Å². The molecule has 0 aromatic heterocycles. The van der Waals surface area contributed by atoms with E-state index in [1.807, 2.05) is 12.1 Å². The first-order valence-corrected chi connectivity index (χ1v) is 14.5. The van der Waals surface area contributed by atoms with Gasteiger partial charge in [0.05, 0.1) is 17.4 Å². The number of hydrogen-bond donors (Lipinski definition) is 2. The van der Waals surface area contributed by atoms with Gasteiger partial charge in [0, 0.05) is 25.8 Å². The maximum atomic E-state index is 13.0. The van der Waals surface area contributed by atoms with Crippen molar-refractivity contribution >= 4 is 21.7 Å². The van der Waals surface area contributed by atoms with E-state index in [1.165, 1.54) is 12.1 Å². The Bertz CT molecular complexity index is 1340. The number of alkyl halides is 6. The summed E-state index contributed by atoms with van der Waals surface area (Å²) in [6.45, 7) is 2.09. The number of carbonyl (C=O) groups excluding carboxylic acids is 1. The van der Waals surface area contributed by atoms with Gasteiger partial charge in [-0.1, -0.05) is 6.07 Å². The molecular formula is C26H28F6N2O6S. The molecule has 15 heteroatoms. The smallest absolute Gasteiger partial charge is 0.475 e. The second-order valence-electron chi connectivity index (χ2n) is 9.70. The van der Waals surface area contributed by atoms with Crippen molar-refractivity contribution in [1.29, 1.82) is 0 Å². The van der Waals surface area contributed by atoms with Crippen LogP contribution in [0.25, 0.3) is 0 Å². The zero-order valence-electron chi connectivity index (χ0n) is 21.8. The molecule has 1 amide bonds. The van der Waals surface area contributed by atoms with Crippen molar-refractivity contribution in [3.8, 4) is 11.5 Å². The highest BCUT2D eigenvalue weighted by Crippen LogP contribution is 2.40. The van der Waals surface area contributed by atoms with Crippen LogP contribution in [-0.2, 0) is 32.0 Å². The number of nitrogens with one attached hydrogen (secondary N) is 1. The number of hydrogen-bond acceptors (Lipinski definition) is 6. The first-order chi connectivity index (χ1) is 19.0. The Labute approximate surface area is 232 Å². The van der Waals surface area contributed by atoms with Crippen LogP contribution < -0.4 is 10.1 Å². The molecular weight excluding hydrogens is 582 g/mol. The van der Waals surface area contributed by atoms with E-state index in [0.29, 0.717) is 18.7 Å². The van der Waals surface area contributed by atoms with Crippen LogP contribution >= 0.6 is 0 Å². The van der Waals surface area contributed by atoms with Gasteiger partial charge in [0.25, 0.3) is 0 Å². The van der Waals surface area contributed by atoms with Gasteiger partial charge in [0.1, 0.15) is 21.3 Å². The van der Waals surface area contributed by atoms with E-state index in [2.05, 4.69) is 5.32 Å². The third-order valence-corrected chi connectivity index (χ3v) is 7.55. The van der Waals surface area contributed by atoms with Gasteiger partial charge in [-0.2, -0.15) is 26.3 Å². The van der Waals surface area contributed by atoms with Crippen LogP contribution in [0.4, 0.5) is 26.3 Å². The fourth-order valence-corrected chi connectivity index (χ4v) is 5.23. The van der Waals surface area contributed by atoms with Crippen LogP contribution in [-0.4, -0.2) is 68.1 Å². The molecule has 0 aliphatic carbocycles. The molecule has 2 atom stereocenters. The molecule has 2 unspecified atom stereocenters. The molecule has 0 radical (unpaired) electrons. The van der Waals surface area contributed by atoms with Crippen LogP contribution in [0.3, 0.4) is 0 Å². The molecule has 0 bridgehead atoms. The number of halogens is 6. The van der Waals surface area contributed by atoms with E-state index >= 15 is 0 Å². The Morgan fingerprint density at radius 3 is 2.17 bits per heavy atom. The van der Waals surface area contributed by atoms with Gasteiger partial charge in [-0.25, -0.2) is 13.2 Å². The lowest BCUT2D eigenvalue weighted by Crippen LogP contribution is -2.44. The normalized spacial score (nSPS) is 19.1. The molecule has 1 saturated heterocycles. The average Bonchev–Trinajstić information content (AvgIpc) is 3.40. The van der Waals surface area contributed by atoms with Crippen LogP contribution in [0.1, 0.15) is 35.6 Å². The van der Waals surface area contributed by atoms with E-state index in [0.717, 1.165) is 49.0 Å². The highest BCUT2D eigenvalue weighted by Gasteiger charge is 2.39. The number of nitrogens with zero attached hydrogens (tertiary/aromatic N) is 1. The minimum absolute atomic E-state index is 0.0629. The average molecular weight is 611 g/mol. The monoisotopic (exact) mass is 610 g/mol. The zero-order chi connectivity index (χ0) is 30.6. The summed E-state index contributed by atoms with van der Waals surface area (Å²) in [5, 5.41) is 10.5.